The summed E-state index contributed by atoms with van der Waals surface area (Å²) in [7, 11) is 0. The number of nitrogens with one attached hydrogen (secondary N) is 1. The number of carboxylic acids is 1. The number of aromatic nitrogens is 1. The summed E-state index contributed by atoms with van der Waals surface area (Å²) >= 11 is 0. The lowest BCUT2D eigenvalue weighted by atomic mass is 9.78. The van der Waals surface area contributed by atoms with E-state index in [9.17, 15) is 9.90 Å². The summed E-state index contributed by atoms with van der Waals surface area (Å²) in [6.45, 7) is 0.386. The van der Waals surface area contributed by atoms with Crippen LogP contribution in [-0.4, -0.2) is 21.8 Å². The fourth-order valence-electron chi connectivity index (χ4n) is 4.08. The monoisotopic (exact) mass is 376 g/mol. The van der Waals surface area contributed by atoms with Crippen LogP contribution in [0.25, 0.3) is 10.9 Å². The summed E-state index contributed by atoms with van der Waals surface area (Å²) in [5.41, 5.74) is 5.29. The molecule has 0 spiro atoms. The van der Waals surface area contributed by atoms with E-state index in [-0.39, 0.29) is 5.92 Å². The molecule has 2 aromatic carbocycles. The number of para-hydroxylation sites is 1. The van der Waals surface area contributed by atoms with Gasteiger partial charge in [0.25, 0.3) is 5.72 Å². The van der Waals surface area contributed by atoms with E-state index in [1.165, 1.54) is 0 Å². The molecule has 2 atom stereocenters. The summed E-state index contributed by atoms with van der Waals surface area (Å²) in [6.07, 6.45) is 2.62. The summed E-state index contributed by atoms with van der Waals surface area (Å²) in [5.74, 6) is -0.388. The number of hydrogen-bond donors (Lipinski definition) is 2. The highest BCUT2D eigenvalue weighted by Gasteiger charge is 2.60. The van der Waals surface area contributed by atoms with Gasteiger partial charge in [0.1, 0.15) is 12.4 Å². The molecule has 0 saturated carbocycles. The number of aliphatic carboxylic acids is 1. The first-order valence-electron chi connectivity index (χ1n) is 9.44. The second kappa shape index (κ2) is 6.58. The third-order valence-corrected chi connectivity index (χ3v) is 5.60. The Morgan fingerprint density at radius 2 is 2.11 bits per heavy atom. The predicted octanol–water partition coefficient (Wildman–Crippen LogP) is 3.55. The lowest BCUT2D eigenvalue weighted by molar-refractivity contribution is -0.144. The van der Waals surface area contributed by atoms with Gasteiger partial charge in [-0.05, 0) is 54.7 Å². The SMILES string of the molecule is O=C(O)C1(C2CCCc3cc(OCc4ccc5ccccc5n4)ccc32)NO1. The molecule has 1 saturated heterocycles. The van der Waals surface area contributed by atoms with E-state index in [0.29, 0.717) is 6.61 Å². The average molecular weight is 376 g/mol. The maximum atomic E-state index is 11.6. The number of nitrogens with zero attached hydrogens (tertiary/aromatic N) is 1. The minimum absolute atomic E-state index is 0.190. The predicted molar refractivity (Wildman–Crippen MR) is 103 cm³/mol. The number of benzene rings is 2. The van der Waals surface area contributed by atoms with Crippen molar-refractivity contribution in [2.75, 3.05) is 0 Å². The molecule has 1 aromatic heterocycles. The smallest absolute Gasteiger partial charge is 0.356 e. The number of rotatable bonds is 5. The van der Waals surface area contributed by atoms with Crippen LogP contribution in [0.5, 0.6) is 5.75 Å². The second-order valence-corrected chi connectivity index (χ2v) is 7.33. The van der Waals surface area contributed by atoms with Crippen molar-refractivity contribution in [2.24, 2.45) is 0 Å². The first kappa shape index (κ1) is 17.2. The van der Waals surface area contributed by atoms with Crippen LogP contribution < -0.4 is 10.2 Å². The highest BCUT2D eigenvalue weighted by Crippen LogP contribution is 2.45. The molecule has 2 aliphatic rings. The normalized spacial score (nSPS) is 23.2. The second-order valence-electron chi connectivity index (χ2n) is 7.33. The van der Waals surface area contributed by atoms with Gasteiger partial charge in [-0.3, -0.25) is 4.84 Å². The van der Waals surface area contributed by atoms with Gasteiger partial charge in [0, 0.05) is 11.3 Å². The molecule has 0 bridgehead atoms. The number of hydroxylamine groups is 1. The molecular weight excluding hydrogens is 356 g/mol. The van der Waals surface area contributed by atoms with Crippen molar-refractivity contribution in [3.05, 3.63) is 71.4 Å². The van der Waals surface area contributed by atoms with Gasteiger partial charge in [-0.15, -0.1) is 0 Å². The Morgan fingerprint density at radius 3 is 2.93 bits per heavy atom. The van der Waals surface area contributed by atoms with Crippen molar-refractivity contribution in [1.82, 2.24) is 10.5 Å². The standard InChI is InChI=1S/C22H20N2O4/c25-21(26)22(24-28-22)19-6-3-5-15-12-17(10-11-18(15)19)27-13-16-9-8-14-4-1-2-7-20(14)23-16/h1-2,4,7-12,19,24H,3,5-6,13H2,(H,25,26). The molecule has 2 unspecified atom stereocenters. The molecule has 28 heavy (non-hydrogen) atoms. The van der Waals surface area contributed by atoms with Crippen molar-refractivity contribution in [3.8, 4) is 5.75 Å². The van der Waals surface area contributed by atoms with Crippen LogP contribution >= 0.6 is 0 Å². The molecule has 142 valence electrons. The maximum absolute atomic E-state index is 11.6. The minimum Gasteiger partial charge on any atom is -0.487 e. The lowest BCUT2D eigenvalue weighted by Gasteiger charge is -2.27. The van der Waals surface area contributed by atoms with Crippen LogP contribution in [0.2, 0.25) is 0 Å². The largest absolute Gasteiger partial charge is 0.487 e. The summed E-state index contributed by atoms with van der Waals surface area (Å²) in [6, 6.07) is 17.9. The maximum Gasteiger partial charge on any atom is 0.356 e. The Kier molecular flexibility index (Phi) is 4.03. The molecule has 5 rings (SSSR count). The van der Waals surface area contributed by atoms with E-state index in [0.717, 1.165) is 52.7 Å². The zero-order valence-electron chi connectivity index (χ0n) is 15.2. The van der Waals surface area contributed by atoms with Gasteiger partial charge in [0.2, 0.25) is 0 Å². The Bertz CT molecular complexity index is 1060. The molecule has 1 aliphatic heterocycles. The molecule has 1 fully saturated rings. The average Bonchev–Trinajstić information content (AvgIpc) is 3.53. The lowest BCUT2D eigenvalue weighted by Crippen LogP contribution is -2.36. The fraction of sp³-hybridized carbons (Fsp3) is 0.273. The molecule has 6 nitrogen and oxygen atoms in total. The minimum atomic E-state index is -1.27. The van der Waals surface area contributed by atoms with Crippen LogP contribution in [0.3, 0.4) is 0 Å². The van der Waals surface area contributed by atoms with Crippen LogP contribution in [0.1, 0.15) is 35.6 Å². The molecule has 2 heterocycles. The summed E-state index contributed by atoms with van der Waals surface area (Å²) in [5, 5.41) is 10.6. The number of pyridine rings is 1. The third kappa shape index (κ3) is 2.91. The highest BCUT2D eigenvalue weighted by atomic mass is 16.8. The summed E-state index contributed by atoms with van der Waals surface area (Å²) < 4.78 is 5.97. The van der Waals surface area contributed by atoms with Gasteiger partial charge < -0.3 is 9.84 Å². The number of aryl methyl sites for hydroxylation is 1. The number of hydrogen-bond acceptors (Lipinski definition) is 5. The van der Waals surface area contributed by atoms with E-state index < -0.39 is 11.7 Å². The molecule has 3 aromatic rings. The fourth-order valence-corrected chi connectivity index (χ4v) is 4.08. The van der Waals surface area contributed by atoms with Gasteiger partial charge in [-0.1, -0.05) is 30.3 Å². The first-order valence-corrected chi connectivity index (χ1v) is 9.44. The van der Waals surface area contributed by atoms with E-state index in [1.54, 1.807) is 0 Å². The van der Waals surface area contributed by atoms with Crippen LogP contribution in [-0.2, 0) is 22.7 Å². The van der Waals surface area contributed by atoms with E-state index in [1.807, 2.05) is 54.6 Å². The molecular formula is C22H20N2O4. The number of carbonyl (C=O) groups is 1. The number of ether oxygens (including phenoxy) is 1. The van der Waals surface area contributed by atoms with E-state index in [4.69, 9.17) is 9.57 Å². The summed E-state index contributed by atoms with van der Waals surface area (Å²) in [4.78, 5) is 21.4. The zero-order chi connectivity index (χ0) is 19.1. The molecule has 1 aliphatic carbocycles. The van der Waals surface area contributed by atoms with Crippen molar-refractivity contribution in [2.45, 2.75) is 37.5 Å². The van der Waals surface area contributed by atoms with Crippen molar-refractivity contribution >= 4 is 16.9 Å². The van der Waals surface area contributed by atoms with Crippen LogP contribution in [0.4, 0.5) is 0 Å². The van der Waals surface area contributed by atoms with Crippen molar-refractivity contribution < 1.29 is 19.5 Å². The third-order valence-electron chi connectivity index (χ3n) is 5.60. The Labute approximate surface area is 162 Å². The van der Waals surface area contributed by atoms with Gasteiger partial charge in [-0.25, -0.2) is 9.78 Å². The number of carboxylic acid groups (broad SMARTS) is 1. The Morgan fingerprint density at radius 1 is 1.25 bits per heavy atom. The first-order chi connectivity index (χ1) is 13.7. The molecule has 6 heteroatoms. The van der Waals surface area contributed by atoms with Gasteiger partial charge >= 0.3 is 5.97 Å². The Balaban J connectivity index is 1.35. The van der Waals surface area contributed by atoms with Crippen molar-refractivity contribution in [3.63, 3.8) is 0 Å². The Hall–Kier alpha value is -2.96. The van der Waals surface area contributed by atoms with E-state index in [2.05, 4.69) is 10.5 Å². The van der Waals surface area contributed by atoms with Gasteiger partial charge in [0.15, 0.2) is 0 Å². The topological polar surface area (TPSA) is 93.9 Å². The molecule has 0 amide bonds. The van der Waals surface area contributed by atoms with Crippen LogP contribution in [0, 0.1) is 0 Å². The van der Waals surface area contributed by atoms with Gasteiger partial charge in [0.05, 0.1) is 11.2 Å². The van der Waals surface area contributed by atoms with Crippen molar-refractivity contribution in [1.29, 1.82) is 0 Å². The highest BCUT2D eigenvalue weighted by molar-refractivity contribution is 5.81. The van der Waals surface area contributed by atoms with Gasteiger partial charge in [-0.2, -0.15) is 5.48 Å². The van der Waals surface area contributed by atoms with E-state index >= 15 is 0 Å². The quantitative estimate of drug-likeness (QED) is 0.662. The van der Waals surface area contributed by atoms with Crippen LogP contribution in [0.15, 0.2) is 54.6 Å². The molecule has 0 radical (unpaired) electrons. The zero-order valence-corrected chi connectivity index (χ0v) is 15.2. The number of fused-ring (bicyclic) bond motifs is 2. The molecule has 2 N–H and O–H groups in total.